The van der Waals surface area contributed by atoms with Crippen LogP contribution in [0.1, 0.15) is 52.2 Å². The van der Waals surface area contributed by atoms with Crippen LogP contribution in [-0.2, 0) is 12.0 Å². The van der Waals surface area contributed by atoms with Crippen molar-refractivity contribution in [3.63, 3.8) is 0 Å². The van der Waals surface area contributed by atoms with E-state index in [1.165, 1.54) is 5.56 Å². The summed E-state index contributed by atoms with van der Waals surface area (Å²) >= 11 is 0. The third kappa shape index (κ3) is 5.40. The van der Waals surface area contributed by atoms with Gasteiger partial charge in [-0.2, -0.15) is 0 Å². The van der Waals surface area contributed by atoms with Gasteiger partial charge in [0.25, 0.3) is 0 Å². The molecule has 1 aromatic rings. The number of hydrogen-bond donors (Lipinski definition) is 3. The van der Waals surface area contributed by atoms with Crippen molar-refractivity contribution in [3.8, 4) is 5.75 Å². The molecule has 1 aliphatic rings. The number of nitrogens with two attached hydrogens (primary N) is 1. The molecule has 0 saturated heterocycles. The molecule has 134 valence electrons. The highest BCUT2D eigenvalue weighted by Gasteiger charge is 2.27. The molecular weight excluding hydrogens is 310 g/mol. The third-order valence-electron chi connectivity index (χ3n) is 4.28. The van der Waals surface area contributed by atoms with Gasteiger partial charge in [-0.1, -0.05) is 57.9 Å². The molecule has 4 nitrogen and oxygen atoms in total. The van der Waals surface area contributed by atoms with Crippen LogP contribution in [0.2, 0.25) is 0 Å². The van der Waals surface area contributed by atoms with Crippen molar-refractivity contribution in [1.82, 2.24) is 0 Å². The van der Waals surface area contributed by atoms with Crippen molar-refractivity contribution in [1.29, 1.82) is 5.41 Å². The highest BCUT2D eigenvalue weighted by molar-refractivity contribution is 6.49. The van der Waals surface area contributed by atoms with E-state index in [0.717, 1.165) is 12.0 Å². The number of nitrogens with zero attached hydrogens (tertiary/aromatic N) is 1. The predicted molar refractivity (Wildman–Crippen MR) is 104 cm³/mol. The summed E-state index contributed by atoms with van der Waals surface area (Å²) < 4.78 is 0. The number of quaternary nitrogens is 1. The molecular formula is C21H30N3O+. The molecule has 1 aromatic carbocycles. The Morgan fingerprint density at radius 3 is 2.40 bits per heavy atom. The monoisotopic (exact) mass is 340 g/mol. The standard InChI is InChI=1S/C21H29N3O/c1-20(2,3)14-21(4,5)16-10-11-19(25)15(12-16)13-23-24-18-9-7-6-8-17(18)22/h6-12,22-23,25H,13-14H2,1-5H3/p+1/b22-17?,24-18-. The summed E-state index contributed by atoms with van der Waals surface area (Å²) in [4.78, 5) is 0. The molecule has 0 heterocycles. The average Bonchev–Trinajstić information content (AvgIpc) is 2.48. The number of aromatic hydroxyl groups is 1. The van der Waals surface area contributed by atoms with Crippen molar-refractivity contribution in [2.24, 2.45) is 10.5 Å². The van der Waals surface area contributed by atoms with Gasteiger partial charge in [-0.15, -0.1) is 0 Å². The summed E-state index contributed by atoms with van der Waals surface area (Å²) in [5.74, 6) is 0.293. The fraction of sp³-hybridized carbons (Fsp3) is 0.429. The van der Waals surface area contributed by atoms with Crippen molar-refractivity contribution in [2.45, 2.75) is 53.0 Å². The Morgan fingerprint density at radius 1 is 1.08 bits per heavy atom. The molecule has 2 rings (SSSR count). The molecule has 4 N–H and O–H groups in total. The van der Waals surface area contributed by atoms with Gasteiger partial charge in [0.1, 0.15) is 18.0 Å². The largest absolute Gasteiger partial charge is 0.507 e. The van der Waals surface area contributed by atoms with E-state index in [2.05, 4.69) is 45.8 Å². The third-order valence-corrected chi connectivity index (χ3v) is 4.28. The normalized spacial score (nSPS) is 16.7. The topological polar surface area (TPSA) is 73.1 Å². The molecule has 0 amide bonds. The highest BCUT2D eigenvalue weighted by Crippen LogP contribution is 2.37. The van der Waals surface area contributed by atoms with Crippen LogP contribution in [0.25, 0.3) is 0 Å². The lowest BCUT2D eigenvalue weighted by Crippen LogP contribution is -2.76. The van der Waals surface area contributed by atoms with Gasteiger partial charge in [0.15, 0.2) is 0 Å². The van der Waals surface area contributed by atoms with Crippen LogP contribution in [0.3, 0.4) is 0 Å². The highest BCUT2D eigenvalue weighted by atomic mass is 16.3. The first-order chi connectivity index (χ1) is 11.6. The van der Waals surface area contributed by atoms with E-state index in [-0.39, 0.29) is 10.8 Å². The Labute approximate surface area is 150 Å². The number of benzene rings is 1. The summed E-state index contributed by atoms with van der Waals surface area (Å²) in [5, 5.41) is 22.4. The average molecular weight is 340 g/mol. The zero-order chi connectivity index (χ0) is 18.7. The lowest BCUT2D eigenvalue weighted by Gasteiger charge is -2.33. The van der Waals surface area contributed by atoms with Crippen LogP contribution in [0, 0.1) is 10.8 Å². The van der Waals surface area contributed by atoms with Gasteiger partial charge in [0, 0.05) is 0 Å². The van der Waals surface area contributed by atoms with E-state index < -0.39 is 0 Å². The maximum atomic E-state index is 10.2. The van der Waals surface area contributed by atoms with Crippen molar-refractivity contribution in [3.05, 3.63) is 53.6 Å². The van der Waals surface area contributed by atoms with Gasteiger partial charge >= 0.3 is 0 Å². The number of hydrogen-bond acceptors (Lipinski definition) is 3. The summed E-state index contributed by atoms with van der Waals surface area (Å²) in [5.41, 5.74) is 5.18. The summed E-state index contributed by atoms with van der Waals surface area (Å²) in [6.07, 6.45) is 8.30. The van der Waals surface area contributed by atoms with Crippen LogP contribution in [0.15, 0.2) is 47.6 Å². The summed E-state index contributed by atoms with van der Waals surface area (Å²) in [7, 11) is 0. The van der Waals surface area contributed by atoms with Gasteiger partial charge in [-0.25, -0.2) is 5.43 Å². The summed E-state index contributed by atoms with van der Waals surface area (Å²) in [6, 6.07) is 5.88. The maximum Gasteiger partial charge on any atom is 0.143 e. The Hall–Kier alpha value is -2.20. The van der Waals surface area contributed by atoms with Crippen LogP contribution in [0.4, 0.5) is 0 Å². The molecule has 0 fully saturated rings. The second-order valence-electron chi connectivity index (χ2n) is 8.50. The SMILES string of the molecule is CC(C)(C)CC(C)(C)c1ccc(O)c(C[NH2+]/N=C2/C=CC=CC2=N)c1. The second kappa shape index (κ2) is 7.36. The number of phenols is 1. The quantitative estimate of drug-likeness (QED) is 0.427. The molecule has 0 spiro atoms. The van der Waals surface area contributed by atoms with Gasteiger partial charge in [-0.3, -0.25) is 5.41 Å². The Bertz CT molecular complexity index is 734. The lowest BCUT2D eigenvalue weighted by atomic mass is 9.72. The van der Waals surface area contributed by atoms with Crippen LogP contribution in [-0.4, -0.2) is 16.5 Å². The minimum atomic E-state index is 0.0334. The zero-order valence-electron chi connectivity index (χ0n) is 15.9. The minimum absolute atomic E-state index is 0.0334. The first-order valence-electron chi connectivity index (χ1n) is 8.74. The van der Waals surface area contributed by atoms with Crippen molar-refractivity contribution in [2.75, 3.05) is 0 Å². The number of rotatable bonds is 5. The van der Waals surface area contributed by atoms with Crippen LogP contribution >= 0.6 is 0 Å². The predicted octanol–water partition coefficient (Wildman–Crippen LogP) is 3.67. The van der Waals surface area contributed by atoms with E-state index in [1.807, 2.05) is 24.3 Å². The minimum Gasteiger partial charge on any atom is -0.507 e. The molecule has 0 aromatic heterocycles. The molecule has 0 aliphatic heterocycles. The van der Waals surface area contributed by atoms with E-state index in [4.69, 9.17) is 5.41 Å². The van der Waals surface area contributed by atoms with E-state index in [0.29, 0.717) is 23.7 Å². The van der Waals surface area contributed by atoms with Gasteiger partial charge in [0.2, 0.25) is 0 Å². The molecule has 0 radical (unpaired) electrons. The fourth-order valence-electron chi connectivity index (χ4n) is 3.43. The Morgan fingerprint density at radius 2 is 1.76 bits per heavy atom. The van der Waals surface area contributed by atoms with Gasteiger partial charge < -0.3 is 5.11 Å². The lowest BCUT2D eigenvalue weighted by molar-refractivity contribution is -0.676. The van der Waals surface area contributed by atoms with E-state index in [1.54, 1.807) is 17.6 Å². The molecule has 0 bridgehead atoms. The van der Waals surface area contributed by atoms with E-state index in [9.17, 15) is 5.11 Å². The van der Waals surface area contributed by atoms with Gasteiger partial charge in [0.05, 0.1) is 11.3 Å². The molecule has 0 atom stereocenters. The molecule has 0 saturated carbocycles. The number of phenolic OH excluding ortho intramolecular Hbond substituents is 1. The molecule has 1 aliphatic carbocycles. The molecule has 0 unspecified atom stereocenters. The smallest absolute Gasteiger partial charge is 0.143 e. The zero-order valence-corrected chi connectivity index (χ0v) is 15.9. The number of allylic oxidation sites excluding steroid dienone is 4. The van der Waals surface area contributed by atoms with Crippen LogP contribution in [0.5, 0.6) is 5.75 Å². The number of nitrogens with one attached hydrogen (secondary N) is 1. The van der Waals surface area contributed by atoms with Crippen molar-refractivity contribution < 1.29 is 10.5 Å². The fourth-order valence-corrected chi connectivity index (χ4v) is 3.43. The first-order valence-corrected chi connectivity index (χ1v) is 8.74. The Kier molecular flexibility index (Phi) is 5.63. The molecule has 4 heteroatoms. The van der Waals surface area contributed by atoms with Crippen LogP contribution < -0.4 is 5.43 Å². The molecule has 25 heavy (non-hydrogen) atoms. The van der Waals surface area contributed by atoms with Crippen molar-refractivity contribution >= 4 is 11.4 Å². The maximum absolute atomic E-state index is 10.2. The van der Waals surface area contributed by atoms with E-state index >= 15 is 0 Å². The first kappa shape index (κ1) is 19.1. The Balaban J connectivity index is 2.14. The second-order valence-corrected chi connectivity index (χ2v) is 8.50. The van der Waals surface area contributed by atoms with Gasteiger partial charge in [-0.05, 0) is 47.1 Å². The summed E-state index contributed by atoms with van der Waals surface area (Å²) in [6.45, 7) is 11.8.